The first kappa shape index (κ1) is 18.1. The molecule has 128 valence electrons. The maximum Gasteiger partial charge on any atom is 0.309 e. The Hall–Kier alpha value is -2.29. The molecule has 24 heavy (non-hydrogen) atoms. The second kappa shape index (κ2) is 8.53. The van der Waals surface area contributed by atoms with Gasteiger partial charge in [0.25, 0.3) is 0 Å². The van der Waals surface area contributed by atoms with Crippen molar-refractivity contribution in [2.75, 3.05) is 32.1 Å². The number of carboxylic acid groups (broad SMARTS) is 1. The van der Waals surface area contributed by atoms with Gasteiger partial charge in [-0.05, 0) is 19.2 Å². The Balaban J connectivity index is 2.14. The lowest BCUT2D eigenvalue weighted by Gasteiger charge is -2.15. The molecule has 1 aromatic heterocycles. The first-order chi connectivity index (χ1) is 11.5. The number of carbonyl (C=O) groups is 2. The lowest BCUT2D eigenvalue weighted by Crippen LogP contribution is -2.32. The predicted octanol–water partition coefficient (Wildman–Crippen LogP) is 1.30. The van der Waals surface area contributed by atoms with Crippen LogP contribution in [0, 0.1) is 0 Å². The van der Waals surface area contributed by atoms with Crippen LogP contribution in [-0.2, 0) is 16.0 Å². The first-order valence-electron chi connectivity index (χ1n) is 7.34. The number of benzene rings is 1. The van der Waals surface area contributed by atoms with Crippen LogP contribution in [0.5, 0.6) is 0 Å². The van der Waals surface area contributed by atoms with Crippen LogP contribution in [-0.4, -0.2) is 58.7 Å². The summed E-state index contributed by atoms with van der Waals surface area (Å²) in [5.41, 5.74) is 1.86. The van der Waals surface area contributed by atoms with E-state index < -0.39 is 5.97 Å². The van der Waals surface area contributed by atoms with Crippen LogP contribution in [0.25, 0.3) is 10.6 Å². The number of aliphatic hydroxyl groups excluding tert-OH is 1. The molecule has 0 aliphatic rings. The van der Waals surface area contributed by atoms with E-state index in [0.29, 0.717) is 22.9 Å². The first-order valence-corrected chi connectivity index (χ1v) is 8.22. The van der Waals surface area contributed by atoms with Gasteiger partial charge >= 0.3 is 5.97 Å². The molecule has 0 spiro atoms. The zero-order chi connectivity index (χ0) is 17.5. The summed E-state index contributed by atoms with van der Waals surface area (Å²) in [5, 5.41) is 22.9. The summed E-state index contributed by atoms with van der Waals surface area (Å²) >= 11 is 1.34. The number of anilines is 1. The van der Waals surface area contributed by atoms with E-state index >= 15 is 0 Å². The van der Waals surface area contributed by atoms with Crippen molar-refractivity contribution >= 4 is 28.9 Å². The smallest absolute Gasteiger partial charge is 0.309 e. The number of aliphatic carboxylic acids is 1. The van der Waals surface area contributed by atoms with Gasteiger partial charge in [0, 0.05) is 17.5 Å². The van der Waals surface area contributed by atoms with E-state index in [4.69, 9.17) is 10.2 Å². The van der Waals surface area contributed by atoms with E-state index in [-0.39, 0.29) is 25.5 Å². The van der Waals surface area contributed by atoms with Crippen LogP contribution in [0.3, 0.4) is 0 Å². The van der Waals surface area contributed by atoms with Crippen LogP contribution in [0.1, 0.15) is 5.69 Å². The minimum Gasteiger partial charge on any atom is -0.481 e. The number of amides is 1. The van der Waals surface area contributed by atoms with Gasteiger partial charge in [-0.15, -0.1) is 11.3 Å². The highest BCUT2D eigenvalue weighted by atomic mass is 32.1. The third kappa shape index (κ3) is 5.12. The van der Waals surface area contributed by atoms with Crippen LogP contribution in [0.15, 0.2) is 29.6 Å². The zero-order valence-electron chi connectivity index (χ0n) is 13.2. The Morgan fingerprint density at radius 1 is 1.33 bits per heavy atom. The second-order valence-corrected chi connectivity index (χ2v) is 6.13. The van der Waals surface area contributed by atoms with Gasteiger partial charge in [0.1, 0.15) is 5.01 Å². The van der Waals surface area contributed by atoms with Crippen molar-refractivity contribution in [2.45, 2.75) is 6.42 Å². The highest BCUT2D eigenvalue weighted by Gasteiger charge is 2.13. The standard InChI is InChI=1S/C16H19N3O4S/c1-19(6-7-20)9-14(21)18-13-5-3-2-4-12(13)16-17-11(10-24-16)8-15(22)23/h2-5,10,20H,6-9H2,1H3,(H,18,21)(H,22,23). The summed E-state index contributed by atoms with van der Waals surface area (Å²) in [4.78, 5) is 28.9. The maximum absolute atomic E-state index is 12.1. The molecule has 0 fully saturated rings. The van der Waals surface area contributed by atoms with E-state index in [0.717, 1.165) is 5.56 Å². The number of aliphatic hydroxyl groups is 1. The van der Waals surface area contributed by atoms with E-state index in [1.165, 1.54) is 11.3 Å². The Morgan fingerprint density at radius 3 is 2.79 bits per heavy atom. The van der Waals surface area contributed by atoms with Crippen LogP contribution < -0.4 is 5.32 Å². The van der Waals surface area contributed by atoms with E-state index in [9.17, 15) is 9.59 Å². The Labute approximate surface area is 143 Å². The van der Waals surface area contributed by atoms with Gasteiger partial charge < -0.3 is 15.5 Å². The van der Waals surface area contributed by atoms with Crippen molar-refractivity contribution in [3.05, 3.63) is 35.3 Å². The largest absolute Gasteiger partial charge is 0.481 e. The van der Waals surface area contributed by atoms with Crippen LogP contribution >= 0.6 is 11.3 Å². The predicted molar refractivity (Wildman–Crippen MR) is 92.1 cm³/mol. The number of carboxylic acids is 1. The molecule has 1 aromatic carbocycles. The van der Waals surface area contributed by atoms with Gasteiger partial charge in [0.05, 0.1) is 31.0 Å². The molecule has 2 rings (SSSR count). The number of likely N-dealkylation sites (N-methyl/N-ethyl adjacent to an activating group) is 1. The maximum atomic E-state index is 12.1. The van der Waals surface area contributed by atoms with Gasteiger partial charge in [0.15, 0.2) is 0 Å². The lowest BCUT2D eigenvalue weighted by molar-refractivity contribution is -0.136. The quantitative estimate of drug-likeness (QED) is 0.664. The number of hydrogen-bond donors (Lipinski definition) is 3. The minimum atomic E-state index is -0.930. The average molecular weight is 349 g/mol. The van der Waals surface area contributed by atoms with Gasteiger partial charge in [-0.2, -0.15) is 0 Å². The molecule has 1 heterocycles. The molecule has 0 radical (unpaired) electrons. The van der Waals surface area contributed by atoms with Crippen molar-refractivity contribution in [1.29, 1.82) is 0 Å². The molecule has 8 heteroatoms. The molecule has 3 N–H and O–H groups in total. The van der Waals surface area contributed by atoms with Crippen molar-refractivity contribution in [2.24, 2.45) is 0 Å². The van der Waals surface area contributed by atoms with Gasteiger partial charge in [-0.1, -0.05) is 12.1 Å². The number of carbonyl (C=O) groups excluding carboxylic acids is 1. The summed E-state index contributed by atoms with van der Waals surface area (Å²) in [6.07, 6.45) is -0.128. The number of hydrogen-bond acceptors (Lipinski definition) is 6. The number of nitrogens with one attached hydrogen (secondary N) is 1. The van der Waals surface area contributed by atoms with Crippen molar-refractivity contribution < 1.29 is 19.8 Å². The third-order valence-electron chi connectivity index (χ3n) is 3.21. The van der Waals surface area contributed by atoms with Gasteiger partial charge in [-0.3, -0.25) is 14.5 Å². The summed E-state index contributed by atoms with van der Waals surface area (Å²) in [6.45, 7) is 0.572. The number of aromatic nitrogens is 1. The highest BCUT2D eigenvalue weighted by Crippen LogP contribution is 2.30. The Morgan fingerprint density at radius 2 is 2.08 bits per heavy atom. The van der Waals surface area contributed by atoms with Crippen molar-refractivity contribution in [3.63, 3.8) is 0 Å². The molecule has 0 atom stereocenters. The van der Waals surface area contributed by atoms with E-state index in [1.807, 2.05) is 18.2 Å². The fourth-order valence-corrected chi connectivity index (χ4v) is 2.99. The van der Waals surface area contributed by atoms with E-state index in [2.05, 4.69) is 10.3 Å². The zero-order valence-corrected chi connectivity index (χ0v) is 14.0. The second-order valence-electron chi connectivity index (χ2n) is 5.27. The SMILES string of the molecule is CN(CCO)CC(=O)Nc1ccccc1-c1nc(CC(=O)O)cs1. The normalized spacial score (nSPS) is 10.8. The summed E-state index contributed by atoms with van der Waals surface area (Å²) in [5.74, 6) is -1.12. The van der Waals surface area contributed by atoms with Gasteiger partial charge in [-0.25, -0.2) is 4.98 Å². The van der Waals surface area contributed by atoms with Crippen molar-refractivity contribution in [1.82, 2.24) is 9.88 Å². The third-order valence-corrected chi connectivity index (χ3v) is 4.14. The molecule has 0 saturated carbocycles. The number of para-hydroxylation sites is 1. The molecule has 1 amide bonds. The summed E-state index contributed by atoms with van der Waals surface area (Å²) < 4.78 is 0. The Bertz CT molecular complexity index is 717. The topological polar surface area (TPSA) is 103 Å². The fraction of sp³-hybridized carbons (Fsp3) is 0.312. The molecule has 2 aromatic rings. The Kier molecular flexibility index (Phi) is 6.42. The van der Waals surface area contributed by atoms with E-state index in [1.54, 1.807) is 23.4 Å². The molecule has 0 aliphatic heterocycles. The van der Waals surface area contributed by atoms with Crippen LogP contribution in [0.4, 0.5) is 5.69 Å². The fourth-order valence-electron chi connectivity index (χ4n) is 2.13. The lowest BCUT2D eigenvalue weighted by atomic mass is 10.2. The molecular formula is C16H19N3O4S. The summed E-state index contributed by atoms with van der Waals surface area (Å²) in [7, 11) is 1.75. The molecule has 0 saturated heterocycles. The van der Waals surface area contributed by atoms with Crippen LogP contribution in [0.2, 0.25) is 0 Å². The monoisotopic (exact) mass is 349 g/mol. The molecule has 0 bridgehead atoms. The van der Waals surface area contributed by atoms with Crippen molar-refractivity contribution in [3.8, 4) is 10.6 Å². The molecular weight excluding hydrogens is 330 g/mol. The summed E-state index contributed by atoms with van der Waals surface area (Å²) in [6, 6.07) is 7.25. The number of nitrogens with zero attached hydrogens (tertiary/aromatic N) is 2. The highest BCUT2D eigenvalue weighted by molar-refractivity contribution is 7.13. The number of thiazole rings is 1. The molecule has 0 unspecified atom stereocenters. The molecule has 0 aliphatic carbocycles. The minimum absolute atomic E-state index is 0.00810. The van der Waals surface area contributed by atoms with Gasteiger partial charge in [0.2, 0.25) is 5.91 Å². The molecule has 7 nitrogen and oxygen atoms in total. The average Bonchev–Trinajstić information content (AvgIpc) is 2.95. The number of rotatable bonds is 8.